The summed E-state index contributed by atoms with van der Waals surface area (Å²) in [5.74, 6) is 0. The van der Waals surface area contributed by atoms with Crippen LogP contribution in [0, 0.1) is 0 Å². The minimum absolute atomic E-state index is 0.202. The lowest BCUT2D eigenvalue weighted by atomic mass is 10.1. The fraction of sp³-hybridized carbons (Fsp3) is 0.0556. The van der Waals surface area contributed by atoms with E-state index in [2.05, 4.69) is 15.0 Å². The van der Waals surface area contributed by atoms with Crippen LogP contribution < -0.4 is 5.69 Å². The molecule has 6 heteroatoms. The molecule has 0 aliphatic heterocycles. The highest BCUT2D eigenvalue weighted by molar-refractivity contribution is 6.30. The first-order valence-corrected chi connectivity index (χ1v) is 7.83. The normalized spacial score (nSPS) is 11.0. The molecule has 0 aliphatic rings. The second-order valence-corrected chi connectivity index (χ2v) is 5.88. The Hall–Kier alpha value is -2.92. The minimum atomic E-state index is -0.202. The quantitative estimate of drug-likeness (QED) is 0.623. The molecule has 0 bridgehead atoms. The number of halogens is 1. The molecule has 0 saturated heterocycles. The van der Waals surface area contributed by atoms with E-state index in [-0.39, 0.29) is 5.69 Å². The van der Waals surface area contributed by atoms with Crippen molar-refractivity contribution < 1.29 is 0 Å². The lowest BCUT2D eigenvalue weighted by molar-refractivity contribution is 0.765. The Morgan fingerprint density at radius 1 is 1.04 bits per heavy atom. The SMILES string of the molecule is O=c1[nH]c2ncc(-c3cccc(Cl)c3)cc2n1Cc1ccccn1. The van der Waals surface area contributed by atoms with E-state index < -0.39 is 0 Å². The van der Waals surface area contributed by atoms with Crippen molar-refractivity contribution in [2.24, 2.45) is 0 Å². The fourth-order valence-electron chi connectivity index (χ4n) is 2.67. The van der Waals surface area contributed by atoms with Crippen LogP contribution in [0.25, 0.3) is 22.3 Å². The monoisotopic (exact) mass is 336 g/mol. The highest BCUT2D eigenvalue weighted by Crippen LogP contribution is 2.24. The van der Waals surface area contributed by atoms with E-state index in [1.165, 1.54) is 0 Å². The first-order valence-electron chi connectivity index (χ1n) is 7.45. The highest BCUT2D eigenvalue weighted by Gasteiger charge is 2.10. The molecule has 0 atom stereocenters. The third kappa shape index (κ3) is 2.70. The number of fused-ring (bicyclic) bond motifs is 1. The van der Waals surface area contributed by atoms with E-state index in [0.717, 1.165) is 22.3 Å². The standard InChI is InChI=1S/C18H13ClN4O/c19-14-5-3-4-12(8-14)13-9-16-17(21-10-13)22-18(24)23(16)11-15-6-1-2-7-20-15/h1-10H,11H2,(H,21,22,24). The van der Waals surface area contributed by atoms with Crippen molar-refractivity contribution in [2.75, 3.05) is 0 Å². The van der Waals surface area contributed by atoms with Crippen molar-refractivity contribution in [2.45, 2.75) is 6.54 Å². The molecule has 4 rings (SSSR count). The highest BCUT2D eigenvalue weighted by atomic mass is 35.5. The van der Waals surface area contributed by atoms with Crippen molar-refractivity contribution >= 4 is 22.8 Å². The van der Waals surface area contributed by atoms with E-state index in [4.69, 9.17) is 11.6 Å². The van der Waals surface area contributed by atoms with Crippen LogP contribution in [0.5, 0.6) is 0 Å². The lowest BCUT2D eigenvalue weighted by Crippen LogP contribution is -2.17. The number of imidazole rings is 1. The number of nitrogens with zero attached hydrogens (tertiary/aromatic N) is 3. The molecule has 0 unspecified atom stereocenters. The molecule has 3 aromatic heterocycles. The van der Waals surface area contributed by atoms with Crippen LogP contribution in [0.1, 0.15) is 5.69 Å². The van der Waals surface area contributed by atoms with Gasteiger partial charge in [-0.1, -0.05) is 29.8 Å². The van der Waals surface area contributed by atoms with E-state index >= 15 is 0 Å². The average molecular weight is 337 g/mol. The number of aromatic nitrogens is 4. The first kappa shape index (κ1) is 14.7. The molecule has 0 saturated carbocycles. The van der Waals surface area contributed by atoms with E-state index in [1.54, 1.807) is 17.0 Å². The minimum Gasteiger partial charge on any atom is -0.290 e. The van der Waals surface area contributed by atoms with Gasteiger partial charge in [0.25, 0.3) is 0 Å². The van der Waals surface area contributed by atoms with Crippen LogP contribution in [0.2, 0.25) is 5.02 Å². The summed E-state index contributed by atoms with van der Waals surface area (Å²) in [5, 5.41) is 0.660. The largest absolute Gasteiger partial charge is 0.328 e. The molecular formula is C18H13ClN4O. The van der Waals surface area contributed by atoms with Crippen molar-refractivity contribution in [3.8, 4) is 11.1 Å². The maximum atomic E-state index is 12.3. The molecule has 118 valence electrons. The summed E-state index contributed by atoms with van der Waals surface area (Å²) in [5.41, 5.74) is 3.76. The Balaban J connectivity index is 1.84. The van der Waals surface area contributed by atoms with Crippen molar-refractivity contribution in [1.29, 1.82) is 0 Å². The van der Waals surface area contributed by atoms with Crippen LogP contribution >= 0.6 is 11.6 Å². The molecule has 3 heterocycles. The number of benzene rings is 1. The summed E-state index contributed by atoms with van der Waals surface area (Å²) in [6.45, 7) is 0.389. The van der Waals surface area contributed by atoms with Crippen LogP contribution in [0.4, 0.5) is 0 Å². The first-order chi connectivity index (χ1) is 11.7. The summed E-state index contributed by atoms with van der Waals surface area (Å²) in [4.78, 5) is 23.7. The summed E-state index contributed by atoms with van der Waals surface area (Å²) in [7, 11) is 0. The molecule has 0 aliphatic carbocycles. The topological polar surface area (TPSA) is 63.6 Å². The van der Waals surface area contributed by atoms with Crippen LogP contribution in [-0.4, -0.2) is 19.5 Å². The van der Waals surface area contributed by atoms with E-state index in [9.17, 15) is 4.79 Å². The number of rotatable bonds is 3. The van der Waals surface area contributed by atoms with Gasteiger partial charge in [-0.15, -0.1) is 0 Å². The zero-order valence-corrected chi connectivity index (χ0v) is 13.4. The van der Waals surface area contributed by atoms with Gasteiger partial charge in [0.1, 0.15) is 0 Å². The maximum Gasteiger partial charge on any atom is 0.328 e. The third-order valence-electron chi connectivity index (χ3n) is 3.83. The van der Waals surface area contributed by atoms with Gasteiger partial charge in [-0.05, 0) is 35.9 Å². The second kappa shape index (κ2) is 5.94. The van der Waals surface area contributed by atoms with Gasteiger partial charge in [0.05, 0.1) is 17.8 Å². The van der Waals surface area contributed by atoms with Gasteiger partial charge in [0, 0.05) is 23.0 Å². The Morgan fingerprint density at radius 3 is 2.75 bits per heavy atom. The Labute approximate surface area is 142 Å². The smallest absolute Gasteiger partial charge is 0.290 e. The molecule has 4 aromatic rings. The van der Waals surface area contributed by atoms with Crippen LogP contribution in [-0.2, 0) is 6.54 Å². The van der Waals surface area contributed by atoms with Gasteiger partial charge < -0.3 is 0 Å². The lowest BCUT2D eigenvalue weighted by Gasteiger charge is -2.05. The predicted molar refractivity (Wildman–Crippen MR) is 94.1 cm³/mol. The zero-order chi connectivity index (χ0) is 16.5. The predicted octanol–water partition coefficient (Wildman–Crippen LogP) is 3.49. The van der Waals surface area contributed by atoms with E-state index in [1.807, 2.05) is 48.5 Å². The van der Waals surface area contributed by atoms with Gasteiger partial charge in [0.15, 0.2) is 5.65 Å². The van der Waals surface area contributed by atoms with Crippen molar-refractivity contribution in [1.82, 2.24) is 19.5 Å². The average Bonchev–Trinajstić information content (AvgIpc) is 2.91. The van der Waals surface area contributed by atoms with Crippen molar-refractivity contribution in [3.05, 3.63) is 82.1 Å². The second-order valence-electron chi connectivity index (χ2n) is 5.44. The van der Waals surface area contributed by atoms with Gasteiger partial charge in [-0.25, -0.2) is 9.78 Å². The molecule has 0 radical (unpaired) electrons. The number of H-pyrrole nitrogens is 1. The van der Waals surface area contributed by atoms with Gasteiger partial charge in [-0.3, -0.25) is 14.5 Å². The Bertz CT molecular complexity index is 1070. The van der Waals surface area contributed by atoms with Gasteiger partial charge in [-0.2, -0.15) is 0 Å². The van der Waals surface area contributed by atoms with Crippen molar-refractivity contribution in [3.63, 3.8) is 0 Å². The molecule has 1 aromatic carbocycles. The number of hydrogen-bond donors (Lipinski definition) is 1. The Morgan fingerprint density at radius 2 is 1.96 bits per heavy atom. The summed E-state index contributed by atoms with van der Waals surface area (Å²) in [6, 6.07) is 15.1. The number of pyridine rings is 2. The molecule has 0 amide bonds. The molecule has 24 heavy (non-hydrogen) atoms. The molecule has 1 N–H and O–H groups in total. The molecular weight excluding hydrogens is 324 g/mol. The van der Waals surface area contributed by atoms with Gasteiger partial charge in [0.2, 0.25) is 0 Å². The zero-order valence-electron chi connectivity index (χ0n) is 12.6. The molecule has 0 spiro atoms. The Kier molecular flexibility index (Phi) is 3.63. The fourth-order valence-corrected chi connectivity index (χ4v) is 2.86. The molecule has 0 fully saturated rings. The third-order valence-corrected chi connectivity index (χ3v) is 4.07. The van der Waals surface area contributed by atoms with Crippen LogP contribution in [0.3, 0.4) is 0 Å². The summed E-state index contributed by atoms with van der Waals surface area (Å²) < 4.78 is 1.64. The number of hydrogen-bond acceptors (Lipinski definition) is 3. The summed E-state index contributed by atoms with van der Waals surface area (Å²) in [6.07, 6.45) is 3.44. The maximum absolute atomic E-state index is 12.3. The van der Waals surface area contributed by atoms with E-state index in [0.29, 0.717) is 17.2 Å². The number of aromatic amines is 1. The molecule has 5 nitrogen and oxygen atoms in total. The van der Waals surface area contributed by atoms with Gasteiger partial charge >= 0.3 is 5.69 Å². The summed E-state index contributed by atoms with van der Waals surface area (Å²) >= 11 is 6.07. The van der Waals surface area contributed by atoms with Crippen LogP contribution in [0.15, 0.2) is 65.7 Å². The number of nitrogens with one attached hydrogen (secondary N) is 1.